The molecule has 0 amide bonds. The van der Waals surface area contributed by atoms with Crippen LogP contribution in [0.2, 0.25) is 0 Å². The van der Waals surface area contributed by atoms with E-state index in [2.05, 4.69) is 15.2 Å². The third-order valence-corrected chi connectivity index (χ3v) is 2.68. The van der Waals surface area contributed by atoms with Crippen molar-refractivity contribution >= 4 is 17.1 Å². The number of carboxylic acid groups (broad SMARTS) is 1. The van der Waals surface area contributed by atoms with Crippen molar-refractivity contribution in [1.82, 2.24) is 15.2 Å². The maximum atomic E-state index is 10.8. The Bertz CT molecular complexity index is 714. The lowest BCUT2D eigenvalue weighted by Crippen LogP contribution is -2.00. The van der Waals surface area contributed by atoms with Crippen LogP contribution in [0.4, 0.5) is 0 Å². The molecule has 0 bridgehead atoms. The smallest absolute Gasteiger partial charge is 0.307 e. The number of benzene rings is 1. The van der Waals surface area contributed by atoms with Gasteiger partial charge in [-0.15, -0.1) is 0 Å². The predicted molar refractivity (Wildman–Crippen MR) is 62.9 cm³/mol. The Balaban J connectivity index is 2.08. The van der Waals surface area contributed by atoms with Gasteiger partial charge in [-0.05, 0) is 12.1 Å². The first-order valence-electron chi connectivity index (χ1n) is 5.31. The average molecular weight is 243 g/mol. The van der Waals surface area contributed by atoms with Gasteiger partial charge in [0.25, 0.3) is 0 Å². The van der Waals surface area contributed by atoms with Crippen molar-refractivity contribution in [3.63, 3.8) is 0 Å². The van der Waals surface area contributed by atoms with Gasteiger partial charge in [0, 0.05) is 11.1 Å². The zero-order valence-corrected chi connectivity index (χ0v) is 9.25. The first-order chi connectivity index (χ1) is 8.74. The molecule has 3 aromatic rings. The van der Waals surface area contributed by atoms with Crippen molar-refractivity contribution in [2.24, 2.45) is 0 Å². The van der Waals surface area contributed by atoms with Gasteiger partial charge in [0.2, 0.25) is 0 Å². The first-order valence-corrected chi connectivity index (χ1v) is 5.31. The van der Waals surface area contributed by atoms with Gasteiger partial charge in [0.1, 0.15) is 5.52 Å². The van der Waals surface area contributed by atoms with Crippen molar-refractivity contribution in [2.75, 3.05) is 0 Å². The van der Waals surface area contributed by atoms with Crippen LogP contribution in [0.15, 0.2) is 35.2 Å². The highest BCUT2D eigenvalue weighted by Crippen LogP contribution is 2.25. The van der Waals surface area contributed by atoms with E-state index in [0.29, 0.717) is 16.8 Å². The fourth-order valence-corrected chi connectivity index (χ4v) is 1.87. The third-order valence-electron chi connectivity index (χ3n) is 2.68. The molecule has 0 unspecified atom stereocenters. The lowest BCUT2D eigenvalue weighted by atomic mass is 10.1. The highest BCUT2D eigenvalue weighted by molar-refractivity contribution is 5.81. The van der Waals surface area contributed by atoms with E-state index in [1.165, 1.54) is 12.6 Å². The molecule has 6 heteroatoms. The van der Waals surface area contributed by atoms with Crippen LogP contribution in [0.5, 0.6) is 0 Å². The number of H-pyrrole nitrogens is 1. The number of carbonyl (C=O) groups is 1. The summed E-state index contributed by atoms with van der Waals surface area (Å²) in [5, 5.41) is 15.5. The molecule has 90 valence electrons. The lowest BCUT2D eigenvalue weighted by molar-refractivity contribution is -0.136. The maximum Gasteiger partial charge on any atom is 0.307 e. The largest absolute Gasteiger partial charge is 0.481 e. The number of hydrogen-bond acceptors (Lipinski definition) is 4. The van der Waals surface area contributed by atoms with Gasteiger partial charge < -0.3 is 9.52 Å². The molecule has 0 saturated carbocycles. The summed E-state index contributed by atoms with van der Waals surface area (Å²) in [6.07, 6.45) is 2.83. The van der Waals surface area contributed by atoms with Gasteiger partial charge >= 0.3 is 5.97 Å². The van der Waals surface area contributed by atoms with E-state index in [9.17, 15) is 4.79 Å². The van der Waals surface area contributed by atoms with Gasteiger partial charge in [0.05, 0.1) is 18.3 Å². The van der Waals surface area contributed by atoms with Crippen LogP contribution in [0.3, 0.4) is 0 Å². The molecule has 3 rings (SSSR count). The summed E-state index contributed by atoms with van der Waals surface area (Å²) in [6, 6.07) is 5.48. The predicted octanol–water partition coefficient (Wildman–Crippen LogP) is 1.84. The molecule has 0 aliphatic heterocycles. The number of nitrogens with zero attached hydrogens (tertiary/aromatic N) is 2. The topological polar surface area (TPSA) is 92.0 Å². The number of aliphatic carboxylic acids is 1. The summed E-state index contributed by atoms with van der Waals surface area (Å²) >= 11 is 0. The van der Waals surface area contributed by atoms with Crippen LogP contribution in [-0.2, 0) is 11.2 Å². The first kappa shape index (κ1) is 10.5. The second kappa shape index (κ2) is 3.99. The number of hydrogen-bond donors (Lipinski definition) is 2. The molecule has 6 nitrogen and oxygen atoms in total. The molecule has 0 aliphatic carbocycles. The Labute approximate surface area is 101 Å². The van der Waals surface area contributed by atoms with Crippen LogP contribution >= 0.6 is 0 Å². The number of rotatable bonds is 3. The second-order valence-electron chi connectivity index (χ2n) is 3.88. The van der Waals surface area contributed by atoms with Gasteiger partial charge in [-0.25, -0.2) is 4.98 Å². The number of aromatic nitrogens is 3. The number of nitrogens with one attached hydrogen (secondary N) is 1. The van der Waals surface area contributed by atoms with Crippen LogP contribution in [0, 0.1) is 0 Å². The molecule has 1 aromatic carbocycles. The Morgan fingerprint density at radius 2 is 2.33 bits per heavy atom. The minimum atomic E-state index is -0.890. The van der Waals surface area contributed by atoms with Crippen molar-refractivity contribution in [3.05, 3.63) is 36.4 Å². The fourth-order valence-electron chi connectivity index (χ4n) is 1.87. The average Bonchev–Trinajstić information content (AvgIpc) is 2.95. The van der Waals surface area contributed by atoms with E-state index in [-0.39, 0.29) is 6.42 Å². The van der Waals surface area contributed by atoms with E-state index < -0.39 is 5.97 Å². The molecule has 0 spiro atoms. The molecule has 0 radical (unpaired) electrons. The summed E-state index contributed by atoms with van der Waals surface area (Å²) in [4.78, 5) is 14.8. The molecular weight excluding hydrogens is 234 g/mol. The van der Waals surface area contributed by atoms with Crippen LogP contribution in [0.25, 0.3) is 22.4 Å². The Morgan fingerprint density at radius 3 is 3.17 bits per heavy atom. The van der Waals surface area contributed by atoms with Gasteiger partial charge in [-0.3, -0.25) is 9.89 Å². The van der Waals surface area contributed by atoms with E-state index in [1.54, 1.807) is 6.07 Å². The number of carboxylic acids is 1. The zero-order valence-electron chi connectivity index (χ0n) is 9.25. The normalized spacial score (nSPS) is 10.9. The number of aromatic amines is 1. The summed E-state index contributed by atoms with van der Waals surface area (Å²) in [5.74, 6) is -0.890. The quantitative estimate of drug-likeness (QED) is 0.732. The molecule has 0 fully saturated rings. The van der Waals surface area contributed by atoms with Gasteiger partial charge in [0.15, 0.2) is 12.0 Å². The van der Waals surface area contributed by atoms with E-state index in [0.717, 1.165) is 11.1 Å². The molecule has 2 N–H and O–H groups in total. The standard InChI is InChI=1S/C12H9N3O3/c16-11(17)4-8-5-14-15-12(8)7-1-2-9-10(3-7)18-6-13-9/h1-3,5-6H,4H2,(H,14,15)(H,16,17). The summed E-state index contributed by atoms with van der Waals surface area (Å²) in [7, 11) is 0. The van der Waals surface area contributed by atoms with Crippen molar-refractivity contribution < 1.29 is 14.3 Å². The molecule has 0 atom stereocenters. The lowest BCUT2D eigenvalue weighted by Gasteiger charge is -2.00. The SMILES string of the molecule is O=C(O)Cc1cn[nH]c1-c1ccc2ncoc2c1. The summed E-state index contributed by atoms with van der Waals surface area (Å²) in [6.45, 7) is 0. The minimum absolute atomic E-state index is 0.0692. The highest BCUT2D eigenvalue weighted by Gasteiger charge is 2.12. The highest BCUT2D eigenvalue weighted by atomic mass is 16.4. The van der Waals surface area contributed by atoms with Crippen LogP contribution in [-0.4, -0.2) is 26.3 Å². The van der Waals surface area contributed by atoms with E-state index in [4.69, 9.17) is 9.52 Å². The Morgan fingerprint density at radius 1 is 1.44 bits per heavy atom. The number of fused-ring (bicyclic) bond motifs is 1. The van der Waals surface area contributed by atoms with E-state index in [1.807, 2.05) is 12.1 Å². The van der Waals surface area contributed by atoms with Crippen LogP contribution < -0.4 is 0 Å². The molecule has 18 heavy (non-hydrogen) atoms. The van der Waals surface area contributed by atoms with Crippen molar-refractivity contribution in [3.8, 4) is 11.3 Å². The van der Waals surface area contributed by atoms with Gasteiger partial charge in [-0.1, -0.05) is 6.07 Å². The molecule has 0 aliphatic rings. The fraction of sp³-hybridized carbons (Fsp3) is 0.0833. The second-order valence-corrected chi connectivity index (χ2v) is 3.88. The Hall–Kier alpha value is -2.63. The van der Waals surface area contributed by atoms with E-state index >= 15 is 0 Å². The summed E-state index contributed by atoms with van der Waals surface area (Å²) in [5.41, 5.74) is 3.58. The van der Waals surface area contributed by atoms with Crippen LogP contribution in [0.1, 0.15) is 5.56 Å². The van der Waals surface area contributed by atoms with Crippen molar-refractivity contribution in [1.29, 1.82) is 0 Å². The molecule has 2 heterocycles. The number of oxazole rings is 1. The van der Waals surface area contributed by atoms with Crippen molar-refractivity contribution in [2.45, 2.75) is 6.42 Å². The molecule has 2 aromatic heterocycles. The zero-order chi connectivity index (χ0) is 12.5. The molecular formula is C12H9N3O3. The third kappa shape index (κ3) is 1.73. The Kier molecular flexibility index (Phi) is 2.33. The van der Waals surface area contributed by atoms with Gasteiger partial charge in [-0.2, -0.15) is 5.10 Å². The molecule has 0 saturated heterocycles. The minimum Gasteiger partial charge on any atom is -0.481 e. The summed E-state index contributed by atoms with van der Waals surface area (Å²) < 4.78 is 5.22. The maximum absolute atomic E-state index is 10.8. The monoisotopic (exact) mass is 243 g/mol.